The first-order valence-electron chi connectivity index (χ1n) is 6.92. The lowest BCUT2D eigenvalue weighted by Crippen LogP contribution is -2.44. The van der Waals surface area contributed by atoms with E-state index in [2.05, 4.69) is 28.9 Å². The molecule has 0 saturated heterocycles. The predicted octanol–water partition coefficient (Wildman–Crippen LogP) is 2.55. The maximum Gasteiger partial charge on any atom is 0.413 e. The smallest absolute Gasteiger partial charge is 0.413 e. The molecule has 1 aromatic carbocycles. The van der Waals surface area contributed by atoms with Crippen molar-refractivity contribution in [2.75, 3.05) is 20.2 Å². The van der Waals surface area contributed by atoms with Crippen LogP contribution < -0.4 is 5.32 Å². The van der Waals surface area contributed by atoms with E-state index in [0.29, 0.717) is 18.4 Å². The van der Waals surface area contributed by atoms with Gasteiger partial charge in [0.25, 0.3) is 0 Å². The number of halogens is 1. The molecule has 1 aliphatic rings. The van der Waals surface area contributed by atoms with Gasteiger partial charge in [-0.05, 0) is 23.6 Å². The predicted molar refractivity (Wildman–Crippen MR) is 78.5 cm³/mol. The standard InChI is InChI=1S/C15H20FN3O2/c1-10(2)9-19-13(11-4-6-12(16)7-5-11)8-17-14(19)18-15(20)21-3/h4-7,10,13H,8-9H2,1-3H3,(H,17,18,20). The molecule has 1 unspecified atom stereocenters. The molecule has 114 valence electrons. The number of nitrogens with zero attached hydrogens (tertiary/aromatic N) is 2. The Bertz CT molecular complexity index is 528. The Labute approximate surface area is 123 Å². The molecule has 1 atom stereocenters. The van der Waals surface area contributed by atoms with Crippen LogP contribution in [0.25, 0.3) is 0 Å². The van der Waals surface area contributed by atoms with E-state index in [0.717, 1.165) is 12.1 Å². The lowest BCUT2D eigenvalue weighted by molar-refractivity contribution is 0.174. The van der Waals surface area contributed by atoms with Crippen molar-refractivity contribution in [3.63, 3.8) is 0 Å². The summed E-state index contributed by atoms with van der Waals surface area (Å²) in [6.45, 7) is 5.45. The van der Waals surface area contributed by atoms with E-state index in [1.165, 1.54) is 19.2 Å². The van der Waals surface area contributed by atoms with Gasteiger partial charge in [0.2, 0.25) is 5.96 Å². The summed E-state index contributed by atoms with van der Waals surface area (Å²) in [4.78, 5) is 17.8. The van der Waals surface area contributed by atoms with E-state index in [9.17, 15) is 9.18 Å². The summed E-state index contributed by atoms with van der Waals surface area (Å²) < 4.78 is 17.7. The molecule has 0 spiro atoms. The Kier molecular flexibility index (Phi) is 4.77. The van der Waals surface area contributed by atoms with Gasteiger partial charge in [-0.25, -0.2) is 9.18 Å². The van der Waals surface area contributed by atoms with Gasteiger partial charge in [0.05, 0.1) is 19.7 Å². The van der Waals surface area contributed by atoms with Crippen molar-refractivity contribution < 1.29 is 13.9 Å². The van der Waals surface area contributed by atoms with E-state index >= 15 is 0 Å². The van der Waals surface area contributed by atoms with Gasteiger partial charge in [-0.2, -0.15) is 0 Å². The number of aliphatic imine (C=N–C) groups is 1. The van der Waals surface area contributed by atoms with Crippen molar-refractivity contribution in [1.82, 2.24) is 10.2 Å². The van der Waals surface area contributed by atoms with Crippen molar-refractivity contribution in [3.8, 4) is 0 Å². The number of methoxy groups -OCH3 is 1. The number of carbonyl (C=O) groups is 1. The van der Waals surface area contributed by atoms with Crippen LogP contribution in [-0.4, -0.2) is 37.2 Å². The first-order chi connectivity index (χ1) is 10.0. The first kappa shape index (κ1) is 15.3. The van der Waals surface area contributed by atoms with E-state index in [-0.39, 0.29) is 11.9 Å². The number of alkyl carbamates (subject to hydrolysis) is 1. The summed E-state index contributed by atoms with van der Waals surface area (Å²) in [5, 5.41) is 2.64. The summed E-state index contributed by atoms with van der Waals surface area (Å²) in [5.74, 6) is 0.640. The van der Waals surface area contributed by atoms with Crippen LogP contribution in [0, 0.1) is 11.7 Å². The third kappa shape index (κ3) is 3.71. The Morgan fingerprint density at radius 1 is 1.48 bits per heavy atom. The van der Waals surface area contributed by atoms with Gasteiger partial charge in [-0.1, -0.05) is 26.0 Å². The summed E-state index contributed by atoms with van der Waals surface area (Å²) in [6, 6.07) is 6.39. The van der Waals surface area contributed by atoms with Gasteiger partial charge in [0.1, 0.15) is 5.82 Å². The van der Waals surface area contributed by atoms with Gasteiger partial charge in [0.15, 0.2) is 0 Å². The fourth-order valence-corrected chi connectivity index (χ4v) is 2.34. The van der Waals surface area contributed by atoms with Crippen molar-refractivity contribution in [2.45, 2.75) is 19.9 Å². The maximum absolute atomic E-state index is 13.1. The molecule has 1 heterocycles. The Balaban J connectivity index is 2.18. The Morgan fingerprint density at radius 3 is 2.71 bits per heavy atom. The zero-order chi connectivity index (χ0) is 15.4. The lowest BCUT2D eigenvalue weighted by Gasteiger charge is -2.29. The van der Waals surface area contributed by atoms with Crippen LogP contribution in [0.3, 0.4) is 0 Å². The highest BCUT2D eigenvalue weighted by molar-refractivity contribution is 5.95. The topological polar surface area (TPSA) is 53.9 Å². The molecule has 0 radical (unpaired) electrons. The van der Waals surface area contributed by atoms with Crippen LogP contribution in [-0.2, 0) is 4.74 Å². The maximum atomic E-state index is 13.1. The molecule has 1 aliphatic heterocycles. The van der Waals surface area contributed by atoms with E-state index in [4.69, 9.17) is 0 Å². The first-order valence-corrected chi connectivity index (χ1v) is 6.92. The molecule has 2 rings (SSSR count). The highest BCUT2D eigenvalue weighted by Gasteiger charge is 2.30. The minimum atomic E-state index is -0.540. The molecule has 0 aliphatic carbocycles. The highest BCUT2D eigenvalue weighted by atomic mass is 19.1. The summed E-state index contributed by atoms with van der Waals surface area (Å²) in [6.07, 6.45) is -0.540. The van der Waals surface area contributed by atoms with Crippen LogP contribution in [0.1, 0.15) is 25.5 Å². The van der Waals surface area contributed by atoms with E-state index < -0.39 is 6.09 Å². The van der Waals surface area contributed by atoms with E-state index in [1.54, 1.807) is 12.1 Å². The minimum absolute atomic E-state index is 0.000145. The van der Waals surface area contributed by atoms with Crippen molar-refractivity contribution in [1.29, 1.82) is 0 Å². The van der Waals surface area contributed by atoms with Crippen molar-refractivity contribution >= 4 is 12.1 Å². The van der Waals surface area contributed by atoms with Crippen LogP contribution in [0.4, 0.5) is 9.18 Å². The second kappa shape index (κ2) is 6.56. The molecule has 1 aromatic rings. The number of hydrogen-bond acceptors (Lipinski definition) is 4. The number of benzene rings is 1. The molecule has 5 nitrogen and oxygen atoms in total. The van der Waals surface area contributed by atoms with E-state index in [1.807, 2.05) is 4.90 Å². The average molecular weight is 293 g/mol. The average Bonchev–Trinajstić information content (AvgIpc) is 2.82. The Morgan fingerprint density at radius 2 is 2.14 bits per heavy atom. The summed E-state index contributed by atoms with van der Waals surface area (Å²) >= 11 is 0. The third-order valence-corrected chi connectivity index (χ3v) is 3.28. The van der Waals surface area contributed by atoms with Gasteiger partial charge in [-0.3, -0.25) is 10.3 Å². The van der Waals surface area contributed by atoms with Crippen molar-refractivity contribution in [3.05, 3.63) is 35.6 Å². The molecule has 0 fully saturated rings. The molecule has 6 heteroatoms. The second-order valence-corrected chi connectivity index (χ2v) is 5.39. The number of nitrogens with one attached hydrogen (secondary N) is 1. The largest absolute Gasteiger partial charge is 0.453 e. The fraction of sp³-hybridized carbons (Fsp3) is 0.467. The van der Waals surface area contributed by atoms with Gasteiger partial charge in [-0.15, -0.1) is 0 Å². The molecule has 21 heavy (non-hydrogen) atoms. The van der Waals surface area contributed by atoms with Crippen LogP contribution in [0.15, 0.2) is 29.3 Å². The molecule has 0 bridgehead atoms. The van der Waals surface area contributed by atoms with Crippen LogP contribution in [0.5, 0.6) is 0 Å². The zero-order valence-corrected chi connectivity index (χ0v) is 12.5. The normalized spacial score (nSPS) is 17.9. The number of carbonyl (C=O) groups excluding carboxylic acids is 1. The number of guanidine groups is 1. The van der Waals surface area contributed by atoms with Crippen LogP contribution >= 0.6 is 0 Å². The molecule has 0 aromatic heterocycles. The number of rotatable bonds is 3. The van der Waals surface area contributed by atoms with Crippen LogP contribution in [0.2, 0.25) is 0 Å². The fourth-order valence-electron chi connectivity index (χ4n) is 2.34. The summed E-state index contributed by atoms with van der Waals surface area (Å²) in [7, 11) is 1.31. The molecule has 1 amide bonds. The van der Waals surface area contributed by atoms with Gasteiger partial charge in [0, 0.05) is 6.54 Å². The minimum Gasteiger partial charge on any atom is -0.453 e. The van der Waals surface area contributed by atoms with Gasteiger partial charge >= 0.3 is 6.09 Å². The molecular weight excluding hydrogens is 273 g/mol. The molecule has 0 saturated carbocycles. The monoisotopic (exact) mass is 293 g/mol. The number of amides is 1. The summed E-state index contributed by atoms with van der Waals surface area (Å²) in [5.41, 5.74) is 0.975. The third-order valence-electron chi connectivity index (χ3n) is 3.28. The molecule has 1 N–H and O–H groups in total. The zero-order valence-electron chi connectivity index (χ0n) is 12.5. The number of ether oxygens (including phenoxy) is 1. The lowest BCUT2D eigenvalue weighted by atomic mass is 10.1. The van der Waals surface area contributed by atoms with Crippen molar-refractivity contribution in [2.24, 2.45) is 10.9 Å². The molecular formula is C15H20FN3O2. The Hall–Kier alpha value is -2.11. The van der Waals surface area contributed by atoms with Gasteiger partial charge < -0.3 is 9.64 Å². The number of hydrogen-bond donors (Lipinski definition) is 1. The second-order valence-electron chi connectivity index (χ2n) is 5.39. The SMILES string of the molecule is COC(=O)NC1=NCC(c2ccc(F)cc2)N1CC(C)C. The highest BCUT2D eigenvalue weighted by Crippen LogP contribution is 2.27. The quantitative estimate of drug-likeness (QED) is 0.932.